The second-order valence-corrected chi connectivity index (χ2v) is 5.60. The van der Waals surface area contributed by atoms with E-state index in [1.165, 1.54) is 57.8 Å². The van der Waals surface area contributed by atoms with Crippen molar-refractivity contribution in [2.24, 2.45) is 5.92 Å². The van der Waals surface area contributed by atoms with Gasteiger partial charge in [0.15, 0.2) is 0 Å². The Morgan fingerprint density at radius 2 is 1.56 bits per heavy atom. The van der Waals surface area contributed by atoms with Crippen LogP contribution in [0.3, 0.4) is 0 Å². The van der Waals surface area contributed by atoms with Crippen molar-refractivity contribution < 1.29 is 5.11 Å². The first-order valence-electron chi connectivity index (χ1n) is 8.05. The Morgan fingerprint density at radius 1 is 0.889 bits per heavy atom. The van der Waals surface area contributed by atoms with Crippen molar-refractivity contribution in [3.63, 3.8) is 0 Å². The molecule has 0 heterocycles. The molecule has 0 radical (unpaired) electrons. The van der Waals surface area contributed by atoms with Crippen molar-refractivity contribution in [2.75, 3.05) is 0 Å². The van der Waals surface area contributed by atoms with E-state index in [2.05, 4.69) is 32.9 Å². The average Bonchev–Trinajstić information content (AvgIpc) is 2.38. The van der Waals surface area contributed by atoms with Crippen molar-refractivity contribution in [2.45, 2.75) is 91.1 Å². The molecule has 0 spiro atoms. The van der Waals surface area contributed by atoms with Gasteiger partial charge in [0.05, 0.1) is 6.10 Å². The second kappa shape index (κ2) is 13.1. The Labute approximate surface area is 115 Å². The molecule has 0 rings (SSSR count). The van der Waals surface area contributed by atoms with E-state index in [-0.39, 0.29) is 6.10 Å². The van der Waals surface area contributed by atoms with Crippen LogP contribution in [-0.4, -0.2) is 11.2 Å². The number of aliphatic hydroxyl groups excluding tert-OH is 1. The number of aliphatic hydroxyl groups is 1. The highest BCUT2D eigenvalue weighted by Gasteiger charge is 2.11. The summed E-state index contributed by atoms with van der Waals surface area (Å²) >= 11 is 0. The maximum Gasteiger partial charge on any atom is 0.0600 e. The Morgan fingerprint density at radius 3 is 2.22 bits per heavy atom. The SMILES string of the molecule is CCCCC/C=C/CC(O)C(C)CCCCCC. The molecule has 0 aromatic rings. The van der Waals surface area contributed by atoms with Gasteiger partial charge in [0.25, 0.3) is 0 Å². The lowest BCUT2D eigenvalue weighted by atomic mass is 9.95. The van der Waals surface area contributed by atoms with Gasteiger partial charge in [-0.15, -0.1) is 0 Å². The molecule has 0 aliphatic carbocycles. The third-order valence-electron chi connectivity index (χ3n) is 3.69. The van der Waals surface area contributed by atoms with Crippen LogP contribution >= 0.6 is 0 Å². The Hall–Kier alpha value is -0.300. The van der Waals surface area contributed by atoms with Gasteiger partial charge < -0.3 is 5.11 Å². The van der Waals surface area contributed by atoms with Crippen molar-refractivity contribution in [3.8, 4) is 0 Å². The van der Waals surface area contributed by atoms with Gasteiger partial charge in [-0.25, -0.2) is 0 Å². The summed E-state index contributed by atoms with van der Waals surface area (Å²) in [4.78, 5) is 0. The highest BCUT2D eigenvalue weighted by molar-refractivity contribution is 4.85. The predicted octanol–water partition coefficient (Wildman–Crippen LogP) is 5.48. The lowest BCUT2D eigenvalue weighted by Crippen LogP contribution is -2.16. The van der Waals surface area contributed by atoms with Gasteiger partial charge in [-0.2, -0.15) is 0 Å². The highest BCUT2D eigenvalue weighted by atomic mass is 16.3. The van der Waals surface area contributed by atoms with Crippen LogP contribution in [0.25, 0.3) is 0 Å². The molecule has 0 aromatic heterocycles. The van der Waals surface area contributed by atoms with Crippen LogP contribution < -0.4 is 0 Å². The summed E-state index contributed by atoms with van der Waals surface area (Å²) in [5, 5.41) is 10.0. The normalized spacial score (nSPS) is 15.1. The first-order chi connectivity index (χ1) is 8.72. The average molecular weight is 254 g/mol. The zero-order valence-electron chi connectivity index (χ0n) is 12.8. The zero-order valence-corrected chi connectivity index (χ0v) is 12.8. The second-order valence-electron chi connectivity index (χ2n) is 5.60. The molecule has 1 nitrogen and oxygen atoms in total. The maximum absolute atomic E-state index is 10.0. The monoisotopic (exact) mass is 254 g/mol. The summed E-state index contributed by atoms with van der Waals surface area (Å²) in [5.41, 5.74) is 0. The van der Waals surface area contributed by atoms with Gasteiger partial charge in [0, 0.05) is 0 Å². The molecule has 0 saturated carbocycles. The molecule has 18 heavy (non-hydrogen) atoms. The van der Waals surface area contributed by atoms with Crippen molar-refractivity contribution in [1.29, 1.82) is 0 Å². The smallest absolute Gasteiger partial charge is 0.0600 e. The van der Waals surface area contributed by atoms with Gasteiger partial charge in [-0.1, -0.05) is 71.4 Å². The molecule has 1 heteroatoms. The summed E-state index contributed by atoms with van der Waals surface area (Å²) in [6, 6.07) is 0. The molecule has 0 saturated heterocycles. The zero-order chi connectivity index (χ0) is 13.6. The van der Waals surface area contributed by atoms with Crippen LogP contribution in [0.4, 0.5) is 0 Å². The van der Waals surface area contributed by atoms with E-state index in [1.54, 1.807) is 0 Å². The van der Waals surface area contributed by atoms with E-state index in [0.717, 1.165) is 6.42 Å². The standard InChI is InChI=1S/C17H34O/c1-4-6-8-10-11-13-15-17(18)16(3)14-12-9-7-5-2/h11,13,16-18H,4-10,12,14-15H2,1-3H3/b13-11+. The van der Waals surface area contributed by atoms with E-state index < -0.39 is 0 Å². The van der Waals surface area contributed by atoms with Gasteiger partial charge in [0.1, 0.15) is 0 Å². The quantitative estimate of drug-likeness (QED) is 0.361. The predicted molar refractivity (Wildman–Crippen MR) is 81.8 cm³/mol. The fraction of sp³-hybridized carbons (Fsp3) is 0.882. The lowest BCUT2D eigenvalue weighted by molar-refractivity contribution is 0.113. The Balaban J connectivity index is 3.51. The molecule has 0 aliphatic rings. The number of hydrogen-bond acceptors (Lipinski definition) is 1. The van der Waals surface area contributed by atoms with Gasteiger partial charge in [-0.3, -0.25) is 0 Å². The third kappa shape index (κ3) is 10.8. The molecule has 0 amide bonds. The van der Waals surface area contributed by atoms with Gasteiger partial charge >= 0.3 is 0 Å². The summed E-state index contributed by atoms with van der Waals surface area (Å²) in [7, 11) is 0. The van der Waals surface area contributed by atoms with Gasteiger partial charge in [-0.05, 0) is 31.6 Å². The van der Waals surface area contributed by atoms with E-state index in [4.69, 9.17) is 0 Å². The van der Waals surface area contributed by atoms with E-state index in [9.17, 15) is 5.11 Å². The largest absolute Gasteiger partial charge is 0.393 e. The van der Waals surface area contributed by atoms with Crippen LogP contribution in [0.1, 0.15) is 85.0 Å². The molecule has 0 bridgehead atoms. The summed E-state index contributed by atoms with van der Waals surface area (Å²) < 4.78 is 0. The Kier molecular flexibility index (Phi) is 12.9. The minimum Gasteiger partial charge on any atom is -0.393 e. The number of rotatable bonds is 12. The topological polar surface area (TPSA) is 20.2 Å². The van der Waals surface area contributed by atoms with Crippen molar-refractivity contribution in [1.82, 2.24) is 0 Å². The minimum absolute atomic E-state index is 0.144. The summed E-state index contributed by atoms with van der Waals surface area (Å²) in [6.45, 7) is 6.65. The van der Waals surface area contributed by atoms with E-state index in [1.807, 2.05) is 0 Å². The van der Waals surface area contributed by atoms with Crippen molar-refractivity contribution >= 4 is 0 Å². The molecule has 0 aliphatic heterocycles. The summed E-state index contributed by atoms with van der Waals surface area (Å²) in [6.07, 6.45) is 16.5. The van der Waals surface area contributed by atoms with Crippen LogP contribution in [0, 0.1) is 5.92 Å². The molecule has 1 N–H and O–H groups in total. The van der Waals surface area contributed by atoms with Gasteiger partial charge in [0.2, 0.25) is 0 Å². The first-order valence-corrected chi connectivity index (χ1v) is 8.05. The first kappa shape index (κ1) is 17.7. The van der Waals surface area contributed by atoms with Crippen LogP contribution in [0.5, 0.6) is 0 Å². The third-order valence-corrected chi connectivity index (χ3v) is 3.69. The molecule has 108 valence electrons. The number of allylic oxidation sites excluding steroid dienone is 1. The number of hydrogen-bond donors (Lipinski definition) is 1. The Bertz CT molecular complexity index is 186. The van der Waals surface area contributed by atoms with Crippen LogP contribution in [0.2, 0.25) is 0 Å². The highest BCUT2D eigenvalue weighted by Crippen LogP contribution is 2.16. The van der Waals surface area contributed by atoms with Crippen molar-refractivity contribution in [3.05, 3.63) is 12.2 Å². The van der Waals surface area contributed by atoms with Crippen LogP contribution in [0.15, 0.2) is 12.2 Å². The fourth-order valence-electron chi connectivity index (χ4n) is 2.18. The van der Waals surface area contributed by atoms with Crippen LogP contribution in [-0.2, 0) is 0 Å². The summed E-state index contributed by atoms with van der Waals surface area (Å²) in [5.74, 6) is 0.446. The molecule has 2 atom stereocenters. The lowest BCUT2D eigenvalue weighted by Gasteiger charge is -2.17. The maximum atomic E-state index is 10.0. The molecule has 0 aromatic carbocycles. The van der Waals surface area contributed by atoms with E-state index in [0.29, 0.717) is 5.92 Å². The molecular formula is C17H34O. The molecular weight excluding hydrogens is 220 g/mol. The van der Waals surface area contributed by atoms with E-state index >= 15 is 0 Å². The number of unbranched alkanes of at least 4 members (excludes halogenated alkanes) is 6. The minimum atomic E-state index is -0.144. The fourth-order valence-corrected chi connectivity index (χ4v) is 2.18. The molecule has 2 unspecified atom stereocenters. The molecule has 0 fully saturated rings.